The highest BCUT2D eigenvalue weighted by atomic mass is 32.1. The van der Waals surface area contributed by atoms with E-state index in [1.165, 1.54) is 11.1 Å². The third-order valence-electron chi connectivity index (χ3n) is 3.85. The Labute approximate surface area is 135 Å². The summed E-state index contributed by atoms with van der Waals surface area (Å²) in [5.41, 5.74) is 9.34. The van der Waals surface area contributed by atoms with Gasteiger partial charge in [0, 0.05) is 12.6 Å². The second-order valence-corrected chi connectivity index (χ2v) is 6.34. The van der Waals surface area contributed by atoms with E-state index in [0.717, 1.165) is 10.6 Å². The maximum atomic E-state index is 9.10. The molecule has 1 aromatic carbocycles. The summed E-state index contributed by atoms with van der Waals surface area (Å²) in [6, 6.07) is 10.3. The molecular formula is C17H23N3OS. The third kappa shape index (κ3) is 3.94. The van der Waals surface area contributed by atoms with E-state index >= 15 is 0 Å². The molecule has 0 radical (unpaired) electrons. The molecule has 0 aliphatic rings. The first-order chi connectivity index (χ1) is 10.5. The van der Waals surface area contributed by atoms with Gasteiger partial charge in [0.2, 0.25) is 0 Å². The lowest BCUT2D eigenvalue weighted by Gasteiger charge is -2.25. The summed E-state index contributed by atoms with van der Waals surface area (Å²) >= 11 is 1.58. The zero-order valence-electron chi connectivity index (χ0n) is 13.3. The molecule has 0 aliphatic heterocycles. The van der Waals surface area contributed by atoms with Crippen molar-refractivity contribution in [2.24, 2.45) is 10.7 Å². The van der Waals surface area contributed by atoms with E-state index in [1.54, 1.807) is 11.3 Å². The number of aliphatic hydroxyl groups excluding tert-OH is 1. The van der Waals surface area contributed by atoms with E-state index in [-0.39, 0.29) is 12.6 Å². The molecule has 1 aromatic heterocycles. The SMILES string of the molecule is Cc1ccc(N=C(N)c2cccs2)cc1C(C)N(C)CCO. The summed E-state index contributed by atoms with van der Waals surface area (Å²) < 4.78 is 0. The van der Waals surface area contributed by atoms with Crippen LogP contribution >= 0.6 is 11.3 Å². The van der Waals surface area contributed by atoms with Crippen molar-refractivity contribution in [3.05, 3.63) is 51.7 Å². The zero-order valence-corrected chi connectivity index (χ0v) is 14.1. The third-order valence-corrected chi connectivity index (χ3v) is 4.74. The predicted octanol–water partition coefficient (Wildman–Crippen LogP) is 3.08. The molecule has 1 atom stereocenters. The van der Waals surface area contributed by atoms with Gasteiger partial charge in [-0.25, -0.2) is 4.99 Å². The standard InChI is InChI=1S/C17H23N3OS/c1-12-6-7-14(19-17(18)16-5-4-10-22-16)11-15(12)13(2)20(3)8-9-21/h4-7,10-11,13,21H,8-9H2,1-3H3,(H2,18,19). The molecule has 3 N–H and O–H groups in total. The summed E-state index contributed by atoms with van der Waals surface area (Å²) in [5.74, 6) is 0.543. The predicted molar refractivity (Wildman–Crippen MR) is 94.0 cm³/mol. The molecular weight excluding hydrogens is 294 g/mol. The van der Waals surface area contributed by atoms with Crippen LogP contribution in [0.2, 0.25) is 0 Å². The van der Waals surface area contributed by atoms with Gasteiger partial charge in [0.1, 0.15) is 5.84 Å². The molecule has 0 fully saturated rings. The Balaban J connectivity index is 2.28. The topological polar surface area (TPSA) is 61.8 Å². The molecule has 0 spiro atoms. The van der Waals surface area contributed by atoms with Crippen LogP contribution in [0.25, 0.3) is 0 Å². The van der Waals surface area contributed by atoms with Crippen molar-refractivity contribution in [2.75, 3.05) is 20.2 Å². The minimum Gasteiger partial charge on any atom is -0.395 e. The number of nitrogens with two attached hydrogens (primary N) is 1. The minimum absolute atomic E-state index is 0.156. The monoisotopic (exact) mass is 317 g/mol. The quantitative estimate of drug-likeness (QED) is 0.636. The van der Waals surface area contributed by atoms with Crippen LogP contribution < -0.4 is 5.73 Å². The van der Waals surface area contributed by atoms with Crippen LogP contribution in [-0.2, 0) is 0 Å². The number of benzene rings is 1. The van der Waals surface area contributed by atoms with Gasteiger partial charge in [-0.3, -0.25) is 4.90 Å². The highest BCUT2D eigenvalue weighted by molar-refractivity contribution is 7.12. The maximum absolute atomic E-state index is 9.10. The van der Waals surface area contributed by atoms with E-state index < -0.39 is 0 Å². The van der Waals surface area contributed by atoms with E-state index in [9.17, 15) is 0 Å². The first-order valence-electron chi connectivity index (χ1n) is 7.32. The zero-order chi connectivity index (χ0) is 16.1. The van der Waals surface area contributed by atoms with Gasteiger partial charge in [-0.15, -0.1) is 11.3 Å². The lowest BCUT2D eigenvalue weighted by atomic mass is 10.0. The van der Waals surface area contributed by atoms with Crippen LogP contribution in [0, 0.1) is 6.92 Å². The van der Waals surface area contributed by atoms with Gasteiger partial charge in [-0.2, -0.15) is 0 Å². The van der Waals surface area contributed by atoms with Crippen molar-refractivity contribution in [2.45, 2.75) is 19.9 Å². The highest BCUT2D eigenvalue weighted by Gasteiger charge is 2.14. The van der Waals surface area contributed by atoms with E-state index in [4.69, 9.17) is 10.8 Å². The number of rotatable bonds is 6. The molecule has 118 valence electrons. The average Bonchev–Trinajstić information content (AvgIpc) is 3.03. The van der Waals surface area contributed by atoms with Crippen molar-refractivity contribution in [3.8, 4) is 0 Å². The van der Waals surface area contributed by atoms with Crippen LogP contribution in [0.3, 0.4) is 0 Å². The van der Waals surface area contributed by atoms with Gasteiger partial charge in [0.25, 0.3) is 0 Å². The van der Waals surface area contributed by atoms with Crippen LogP contribution in [0.4, 0.5) is 5.69 Å². The lowest BCUT2D eigenvalue weighted by molar-refractivity contribution is 0.188. The Bertz CT molecular complexity index is 637. The molecule has 2 aromatic rings. The largest absolute Gasteiger partial charge is 0.395 e. The van der Waals surface area contributed by atoms with Crippen LogP contribution in [0.15, 0.2) is 40.7 Å². The fourth-order valence-corrected chi connectivity index (χ4v) is 2.98. The summed E-state index contributed by atoms with van der Waals surface area (Å²) in [7, 11) is 2.01. The normalized spacial score (nSPS) is 13.6. The molecule has 0 bridgehead atoms. The first kappa shape index (κ1) is 16.7. The van der Waals surface area contributed by atoms with Crippen molar-refractivity contribution in [1.82, 2.24) is 4.90 Å². The molecule has 0 aliphatic carbocycles. The van der Waals surface area contributed by atoms with E-state index in [0.29, 0.717) is 12.4 Å². The highest BCUT2D eigenvalue weighted by Crippen LogP contribution is 2.27. The van der Waals surface area contributed by atoms with Crippen molar-refractivity contribution in [1.29, 1.82) is 0 Å². The van der Waals surface area contributed by atoms with Crippen molar-refractivity contribution in [3.63, 3.8) is 0 Å². The molecule has 1 unspecified atom stereocenters. The summed E-state index contributed by atoms with van der Waals surface area (Å²) in [5, 5.41) is 11.1. The number of likely N-dealkylation sites (N-methyl/N-ethyl adjacent to an activating group) is 1. The first-order valence-corrected chi connectivity index (χ1v) is 8.20. The van der Waals surface area contributed by atoms with Gasteiger partial charge in [0.15, 0.2) is 0 Å². The fraction of sp³-hybridized carbons (Fsp3) is 0.353. The number of hydrogen-bond acceptors (Lipinski definition) is 4. The Morgan fingerprint density at radius 1 is 1.41 bits per heavy atom. The number of aryl methyl sites for hydroxylation is 1. The van der Waals surface area contributed by atoms with Gasteiger partial charge in [-0.1, -0.05) is 12.1 Å². The summed E-state index contributed by atoms with van der Waals surface area (Å²) in [4.78, 5) is 7.63. The Kier molecular flexibility index (Phi) is 5.71. The molecule has 1 heterocycles. The number of amidine groups is 1. The Morgan fingerprint density at radius 3 is 2.82 bits per heavy atom. The number of hydrogen-bond donors (Lipinski definition) is 2. The Morgan fingerprint density at radius 2 is 2.18 bits per heavy atom. The molecule has 22 heavy (non-hydrogen) atoms. The molecule has 0 saturated heterocycles. The molecule has 4 nitrogen and oxygen atoms in total. The van der Waals surface area contributed by atoms with Crippen LogP contribution in [0.1, 0.15) is 29.0 Å². The van der Waals surface area contributed by atoms with E-state index in [2.05, 4.69) is 35.9 Å². The Hall–Kier alpha value is -1.69. The lowest BCUT2D eigenvalue weighted by Crippen LogP contribution is -2.26. The molecule has 2 rings (SSSR count). The molecule has 0 amide bonds. The van der Waals surface area contributed by atoms with Gasteiger partial charge in [-0.05, 0) is 55.6 Å². The van der Waals surface area contributed by atoms with Crippen LogP contribution in [-0.4, -0.2) is 36.0 Å². The number of aliphatic hydroxyl groups is 1. The van der Waals surface area contributed by atoms with E-state index in [1.807, 2.05) is 30.6 Å². The van der Waals surface area contributed by atoms with Gasteiger partial charge >= 0.3 is 0 Å². The average molecular weight is 317 g/mol. The van der Waals surface area contributed by atoms with Crippen LogP contribution in [0.5, 0.6) is 0 Å². The van der Waals surface area contributed by atoms with Gasteiger partial charge < -0.3 is 10.8 Å². The second kappa shape index (κ2) is 7.54. The summed E-state index contributed by atoms with van der Waals surface area (Å²) in [6.07, 6.45) is 0. The summed E-state index contributed by atoms with van der Waals surface area (Å²) in [6.45, 7) is 5.03. The number of aliphatic imine (C=N–C) groups is 1. The molecule has 5 heteroatoms. The number of thiophene rings is 1. The number of nitrogens with zero attached hydrogens (tertiary/aromatic N) is 2. The molecule has 0 saturated carbocycles. The fourth-order valence-electron chi connectivity index (χ4n) is 2.35. The second-order valence-electron chi connectivity index (χ2n) is 5.40. The minimum atomic E-state index is 0.156. The van der Waals surface area contributed by atoms with Gasteiger partial charge in [0.05, 0.1) is 17.2 Å². The van der Waals surface area contributed by atoms with Crippen molar-refractivity contribution >= 4 is 22.9 Å². The van der Waals surface area contributed by atoms with Crippen molar-refractivity contribution < 1.29 is 5.11 Å². The smallest absolute Gasteiger partial charge is 0.141 e. The maximum Gasteiger partial charge on any atom is 0.141 e.